The number of aliphatic imine (C=N–C) groups is 1. The number of carbonyl (C=O) groups excluding carboxylic acids is 3. The van der Waals surface area contributed by atoms with Crippen LogP contribution in [0.3, 0.4) is 0 Å². The minimum atomic E-state index is -2.01. The van der Waals surface area contributed by atoms with E-state index in [-0.39, 0.29) is 118 Å². The Balaban J connectivity index is 1.23. The van der Waals surface area contributed by atoms with Gasteiger partial charge in [0, 0.05) is 60.4 Å². The molecule has 384 valence electrons. The molecule has 16 heteroatoms. The SMILES string of the molecule is CC(=O)CNC1=C2C(CCC3(CCN=C(N)N)C4C(CC#CC(C5COC(=O)C5c5cc[nH]c5)CC5C6CC(C)CCC6=CCC5C(C(O)O)CC(O)C4(C)O)CC23O)C2(C)CC(O)C(O)CC2C1=O. The third kappa shape index (κ3) is 8.46. The number of aromatic nitrogens is 1. The fraction of sp³-hybridized carbons (Fsp3) is 0.741. The molecule has 1 aromatic rings. The second-order valence-electron chi connectivity index (χ2n) is 23.6. The smallest absolute Gasteiger partial charge is 0.313 e. The number of ketones is 2. The number of nitrogens with zero attached hydrogens (tertiary/aromatic N) is 1. The van der Waals surface area contributed by atoms with Crippen LogP contribution in [0.4, 0.5) is 0 Å². The van der Waals surface area contributed by atoms with Crippen molar-refractivity contribution in [1.29, 1.82) is 0 Å². The molecule has 0 bridgehead atoms. The minimum Gasteiger partial charge on any atom is -0.465 e. The van der Waals surface area contributed by atoms with Gasteiger partial charge in [-0.15, -0.1) is 5.92 Å². The van der Waals surface area contributed by atoms with Crippen molar-refractivity contribution in [2.45, 2.75) is 153 Å². The number of aliphatic hydroxyl groups excluding tert-OH is 4. The van der Waals surface area contributed by atoms with Gasteiger partial charge >= 0.3 is 5.97 Å². The van der Waals surface area contributed by atoms with Crippen LogP contribution < -0.4 is 16.8 Å². The largest absolute Gasteiger partial charge is 0.465 e. The van der Waals surface area contributed by atoms with E-state index in [0.717, 1.165) is 24.8 Å². The van der Waals surface area contributed by atoms with Crippen molar-refractivity contribution in [1.82, 2.24) is 10.3 Å². The summed E-state index contributed by atoms with van der Waals surface area (Å²) < 4.78 is 5.86. The van der Waals surface area contributed by atoms with Gasteiger partial charge in [-0.2, -0.15) is 0 Å². The normalized spacial score (nSPS) is 44.8. The van der Waals surface area contributed by atoms with E-state index in [1.807, 2.05) is 19.2 Å². The summed E-state index contributed by atoms with van der Waals surface area (Å²) in [5.74, 6) is 1.20. The van der Waals surface area contributed by atoms with Crippen LogP contribution in [0, 0.1) is 87.8 Å². The summed E-state index contributed by atoms with van der Waals surface area (Å²) >= 11 is 0. The highest BCUT2D eigenvalue weighted by Gasteiger charge is 2.74. The predicted molar refractivity (Wildman–Crippen MR) is 258 cm³/mol. The van der Waals surface area contributed by atoms with Crippen LogP contribution in [-0.2, 0) is 19.1 Å². The standard InChI is InChI=1S/C54H77N5O11/c1-27-8-9-29-10-11-33-35(34(29)18-27)19-30(37-26-70-49(67)43(37)32-13-16-57-25-32)6-5-7-31-22-54(69)44-38(51(3)23-41(62)40(61)21-39(51)46(64)45(44)59-24-28(2)60)12-14-53(54,15-17-58-50(55)56)47(31)52(4,68)42(63)20-36(33)48(65)66/h10,13,16,25,27,30-31,33-43,47-48,57,59,61-63,65-66,68-69H,7-9,11-12,14-15,17-24,26H2,1-4H3,(H4,55,56,58). The fourth-order valence-electron chi connectivity index (χ4n) is 16.6. The summed E-state index contributed by atoms with van der Waals surface area (Å²) in [7, 11) is 0. The maximum atomic E-state index is 15.1. The number of esters is 1. The lowest BCUT2D eigenvalue weighted by Crippen LogP contribution is -2.65. The summed E-state index contributed by atoms with van der Waals surface area (Å²) in [6, 6.07) is 1.88. The molecule has 0 amide bonds. The molecular formula is C54H77N5O11. The Kier molecular flexibility index (Phi) is 13.9. The molecule has 0 radical (unpaired) electrons. The highest BCUT2D eigenvalue weighted by atomic mass is 16.5. The van der Waals surface area contributed by atoms with E-state index < -0.39 is 88.1 Å². The zero-order chi connectivity index (χ0) is 50.2. The third-order valence-electron chi connectivity index (χ3n) is 19.8. The number of nitrogens with two attached hydrogens (primary N) is 2. The number of hydrogen-bond donors (Lipinski definition) is 11. The first kappa shape index (κ1) is 50.8. The van der Waals surface area contributed by atoms with Crippen LogP contribution >= 0.6 is 0 Å². The van der Waals surface area contributed by atoms with Gasteiger partial charge in [-0.3, -0.25) is 19.4 Å². The maximum Gasteiger partial charge on any atom is 0.313 e. The molecule has 19 atom stereocenters. The van der Waals surface area contributed by atoms with Gasteiger partial charge in [-0.25, -0.2) is 0 Å². The van der Waals surface area contributed by atoms with E-state index >= 15 is 4.79 Å². The number of aliphatic hydroxyl groups is 7. The average Bonchev–Trinajstić information content (AvgIpc) is 4.02. The zero-order valence-electron chi connectivity index (χ0n) is 41.2. The number of allylic oxidation sites excluding steroid dienone is 3. The molecule has 4 saturated carbocycles. The van der Waals surface area contributed by atoms with Crippen molar-refractivity contribution < 1.29 is 54.9 Å². The number of ether oxygens (including phenoxy) is 1. The molecule has 13 N–H and O–H groups in total. The molecule has 2 heterocycles. The van der Waals surface area contributed by atoms with Crippen molar-refractivity contribution in [2.75, 3.05) is 19.7 Å². The average molecular weight is 972 g/mol. The molecule has 9 rings (SSSR count). The lowest BCUT2D eigenvalue weighted by Gasteiger charge is -2.62. The number of guanidine groups is 1. The Morgan fingerprint density at radius 1 is 1.01 bits per heavy atom. The highest BCUT2D eigenvalue weighted by Crippen LogP contribution is 2.72. The molecule has 8 aliphatic rings. The van der Waals surface area contributed by atoms with Crippen LogP contribution in [0.25, 0.3) is 0 Å². The number of cyclic esters (lactones) is 1. The highest BCUT2D eigenvalue weighted by molar-refractivity contribution is 6.00. The third-order valence-corrected chi connectivity index (χ3v) is 19.8. The number of aromatic amines is 1. The van der Waals surface area contributed by atoms with Crippen molar-refractivity contribution in [3.8, 4) is 11.8 Å². The van der Waals surface area contributed by atoms with E-state index in [1.54, 1.807) is 13.1 Å². The molecule has 70 heavy (non-hydrogen) atoms. The number of nitrogens with one attached hydrogen (secondary N) is 2. The first-order chi connectivity index (χ1) is 33.1. The molecule has 1 aliphatic heterocycles. The van der Waals surface area contributed by atoms with Gasteiger partial charge in [0.05, 0.1) is 54.3 Å². The monoisotopic (exact) mass is 972 g/mol. The van der Waals surface area contributed by atoms with Crippen molar-refractivity contribution in [3.05, 3.63) is 46.9 Å². The summed E-state index contributed by atoms with van der Waals surface area (Å²) in [6.45, 7) is 7.12. The number of carbonyl (C=O) groups is 3. The second-order valence-corrected chi connectivity index (χ2v) is 23.6. The Hall–Kier alpha value is -4.08. The maximum absolute atomic E-state index is 15.1. The van der Waals surface area contributed by atoms with Crippen LogP contribution in [-0.4, -0.2) is 120 Å². The van der Waals surface area contributed by atoms with Gasteiger partial charge in [0.2, 0.25) is 0 Å². The summed E-state index contributed by atoms with van der Waals surface area (Å²) in [4.78, 5) is 48.9. The quantitative estimate of drug-likeness (QED) is 0.0424. The molecule has 7 aliphatic carbocycles. The van der Waals surface area contributed by atoms with Crippen molar-refractivity contribution >= 4 is 23.5 Å². The van der Waals surface area contributed by atoms with E-state index in [2.05, 4.69) is 40.1 Å². The van der Waals surface area contributed by atoms with Crippen molar-refractivity contribution in [3.63, 3.8) is 0 Å². The number of H-pyrrole nitrogens is 1. The Morgan fingerprint density at radius 3 is 2.49 bits per heavy atom. The number of hydrogen-bond acceptors (Lipinski definition) is 13. The molecule has 5 fully saturated rings. The summed E-state index contributed by atoms with van der Waals surface area (Å²) in [6.07, 6.45) is 4.96. The molecule has 0 spiro atoms. The van der Waals surface area contributed by atoms with Crippen molar-refractivity contribution in [2.24, 2.45) is 92.4 Å². The first-order valence-corrected chi connectivity index (χ1v) is 26.0. The van der Waals surface area contributed by atoms with Gasteiger partial charge in [-0.1, -0.05) is 31.4 Å². The van der Waals surface area contributed by atoms with Gasteiger partial charge in [0.15, 0.2) is 18.0 Å². The van der Waals surface area contributed by atoms with Gasteiger partial charge < -0.3 is 62.3 Å². The summed E-state index contributed by atoms with van der Waals surface area (Å²) in [5.41, 5.74) is 8.35. The van der Waals surface area contributed by atoms with E-state index in [4.69, 9.17) is 16.2 Å². The Bertz CT molecular complexity index is 2330. The zero-order valence-corrected chi connectivity index (χ0v) is 41.2. The van der Waals surface area contributed by atoms with Crippen LogP contribution in [0.1, 0.15) is 123 Å². The van der Waals surface area contributed by atoms with Crippen LogP contribution in [0.5, 0.6) is 0 Å². The minimum absolute atomic E-state index is 0.00167. The van der Waals surface area contributed by atoms with E-state index in [9.17, 15) is 45.3 Å². The molecule has 16 nitrogen and oxygen atoms in total. The number of fused-ring (bicyclic) bond motifs is 10. The first-order valence-electron chi connectivity index (χ1n) is 26.0. The van der Waals surface area contributed by atoms with Gasteiger partial charge in [0.1, 0.15) is 5.78 Å². The van der Waals surface area contributed by atoms with Crippen LogP contribution in [0.2, 0.25) is 0 Å². The molecule has 19 unspecified atom stereocenters. The van der Waals surface area contributed by atoms with Crippen LogP contribution in [0.15, 0.2) is 46.4 Å². The second kappa shape index (κ2) is 19.1. The Morgan fingerprint density at radius 2 is 1.79 bits per heavy atom. The molecule has 1 aromatic heterocycles. The van der Waals surface area contributed by atoms with Gasteiger partial charge in [0.25, 0.3) is 0 Å². The lowest BCUT2D eigenvalue weighted by atomic mass is 9.44. The lowest BCUT2D eigenvalue weighted by molar-refractivity contribution is -0.197. The van der Waals surface area contributed by atoms with Gasteiger partial charge in [-0.05, 0) is 149 Å². The fourth-order valence-corrected chi connectivity index (χ4v) is 16.6. The topological polar surface area (TPSA) is 294 Å². The molecule has 1 saturated heterocycles. The predicted octanol–water partition coefficient (Wildman–Crippen LogP) is 2.69. The molecular weight excluding hydrogens is 895 g/mol. The number of rotatable bonds is 9. The molecule has 0 aromatic carbocycles. The summed E-state index contributed by atoms with van der Waals surface area (Å²) in [5, 5.41) is 88.9. The Labute approximate surface area is 411 Å². The number of Topliss-reactive ketones (excluding diaryl/α,β-unsaturated/α-hetero) is 2. The van der Waals surface area contributed by atoms with E-state index in [1.165, 1.54) is 12.5 Å². The van der Waals surface area contributed by atoms with E-state index in [0.29, 0.717) is 30.8 Å².